The van der Waals surface area contributed by atoms with Gasteiger partial charge in [-0.3, -0.25) is 30.1 Å². The van der Waals surface area contributed by atoms with Gasteiger partial charge < -0.3 is 4.74 Å². The Morgan fingerprint density at radius 1 is 1.27 bits per heavy atom. The Morgan fingerprint density at radius 3 is 2.58 bits per heavy atom. The number of thioether (sulfide) groups is 1. The number of carbonyl (C=O) groups excluding carboxylic acids is 3. The van der Waals surface area contributed by atoms with Crippen molar-refractivity contribution in [1.29, 1.82) is 0 Å². The highest BCUT2D eigenvalue weighted by atomic mass is 32.2. The summed E-state index contributed by atoms with van der Waals surface area (Å²) in [5.74, 6) is -0.0938. The van der Waals surface area contributed by atoms with Crippen LogP contribution in [0.25, 0.3) is 6.08 Å². The molecular weight excluding hydrogens is 374 g/mol. The largest absolute Gasteiger partial charge is 0.497 e. The van der Waals surface area contributed by atoms with Crippen molar-refractivity contribution < 1.29 is 19.1 Å². The molecule has 1 fully saturated rings. The smallest absolute Gasteiger partial charge is 0.266 e. The van der Waals surface area contributed by atoms with Crippen LogP contribution in [0, 0.1) is 0 Å². The molecule has 7 nitrogen and oxygen atoms in total. The number of ether oxygens (including phenoxy) is 1. The molecule has 0 aromatic heterocycles. The minimum atomic E-state index is -0.348. The van der Waals surface area contributed by atoms with Crippen LogP contribution in [0.4, 0.5) is 0 Å². The molecule has 0 atom stereocenters. The van der Waals surface area contributed by atoms with Gasteiger partial charge in [-0.05, 0) is 30.2 Å². The lowest BCUT2D eigenvalue weighted by Crippen LogP contribution is -2.40. The van der Waals surface area contributed by atoms with Gasteiger partial charge in [0.2, 0.25) is 11.8 Å². The lowest BCUT2D eigenvalue weighted by molar-refractivity contribution is -0.128. The number of amides is 3. The number of carbonyl (C=O) groups is 3. The summed E-state index contributed by atoms with van der Waals surface area (Å²) in [5.41, 5.74) is 5.37. The van der Waals surface area contributed by atoms with Gasteiger partial charge in [-0.15, -0.1) is 0 Å². The third kappa shape index (κ3) is 5.57. The van der Waals surface area contributed by atoms with E-state index in [0.29, 0.717) is 22.2 Å². The highest BCUT2D eigenvalue weighted by Gasteiger charge is 2.31. The molecule has 0 bridgehead atoms. The number of hydrogen-bond acceptors (Lipinski definition) is 6. The monoisotopic (exact) mass is 393 g/mol. The molecule has 0 radical (unpaired) electrons. The van der Waals surface area contributed by atoms with E-state index in [9.17, 15) is 14.4 Å². The summed E-state index contributed by atoms with van der Waals surface area (Å²) in [7, 11) is 1.59. The van der Waals surface area contributed by atoms with Gasteiger partial charge in [0, 0.05) is 19.9 Å². The molecule has 1 aromatic carbocycles. The van der Waals surface area contributed by atoms with E-state index in [1.165, 1.54) is 23.6 Å². The highest BCUT2D eigenvalue weighted by molar-refractivity contribution is 8.26. The third-order valence-electron chi connectivity index (χ3n) is 3.45. The second kappa shape index (κ2) is 9.35. The highest BCUT2D eigenvalue weighted by Crippen LogP contribution is 2.32. The summed E-state index contributed by atoms with van der Waals surface area (Å²) in [6, 6.07) is 7.36. The van der Waals surface area contributed by atoms with E-state index < -0.39 is 0 Å². The molecule has 0 aliphatic carbocycles. The first kappa shape index (κ1) is 19.9. The maximum atomic E-state index is 12.5. The van der Waals surface area contributed by atoms with E-state index in [-0.39, 0.29) is 24.1 Å². The molecule has 1 aromatic rings. The summed E-state index contributed by atoms with van der Waals surface area (Å²) in [6.07, 6.45) is 2.39. The van der Waals surface area contributed by atoms with Crippen LogP contribution in [-0.4, -0.2) is 40.6 Å². The van der Waals surface area contributed by atoms with Gasteiger partial charge in [0.1, 0.15) is 10.1 Å². The van der Waals surface area contributed by atoms with Crippen LogP contribution >= 0.6 is 24.0 Å². The zero-order valence-corrected chi connectivity index (χ0v) is 16.0. The molecule has 2 rings (SSSR count). The average Bonchev–Trinajstić information content (AvgIpc) is 2.88. The topological polar surface area (TPSA) is 87.7 Å². The number of rotatable bonds is 6. The van der Waals surface area contributed by atoms with Crippen molar-refractivity contribution in [3.05, 3.63) is 34.7 Å². The lowest BCUT2D eigenvalue weighted by Gasteiger charge is -2.14. The molecule has 2 N–H and O–H groups in total. The van der Waals surface area contributed by atoms with E-state index in [1.54, 1.807) is 13.2 Å². The summed E-state index contributed by atoms with van der Waals surface area (Å²) < 4.78 is 5.58. The van der Waals surface area contributed by atoms with Crippen molar-refractivity contribution in [2.75, 3.05) is 13.7 Å². The predicted octanol–water partition coefficient (Wildman–Crippen LogP) is 1.84. The average molecular weight is 393 g/mol. The van der Waals surface area contributed by atoms with Gasteiger partial charge in [0.25, 0.3) is 5.91 Å². The van der Waals surface area contributed by atoms with E-state index >= 15 is 0 Å². The van der Waals surface area contributed by atoms with Crippen LogP contribution in [-0.2, 0) is 14.4 Å². The number of hydrogen-bond donors (Lipinski definition) is 2. The van der Waals surface area contributed by atoms with Gasteiger partial charge in [-0.1, -0.05) is 36.1 Å². The molecule has 0 spiro atoms. The molecule has 1 aliphatic rings. The molecule has 9 heteroatoms. The molecule has 138 valence electrons. The van der Waals surface area contributed by atoms with Crippen molar-refractivity contribution in [1.82, 2.24) is 15.8 Å². The first-order valence-electron chi connectivity index (χ1n) is 7.85. The predicted molar refractivity (Wildman–Crippen MR) is 104 cm³/mol. The summed E-state index contributed by atoms with van der Waals surface area (Å²) in [5, 5.41) is 0. The zero-order valence-electron chi connectivity index (χ0n) is 14.4. The Labute approximate surface area is 161 Å². The maximum Gasteiger partial charge on any atom is 0.266 e. The van der Waals surface area contributed by atoms with Gasteiger partial charge in [-0.2, -0.15) is 0 Å². The SMILES string of the molecule is COc1ccc(/C=C2\SC(=S)N(CCCC(=O)NNC(C)=O)C2=O)cc1. The van der Waals surface area contributed by atoms with Gasteiger partial charge in [-0.25, -0.2) is 0 Å². The number of methoxy groups -OCH3 is 1. The Balaban J connectivity index is 1.90. The van der Waals surface area contributed by atoms with Gasteiger partial charge in [0.15, 0.2) is 0 Å². The quantitative estimate of drug-likeness (QED) is 0.436. The lowest BCUT2D eigenvalue weighted by atomic mass is 10.2. The summed E-state index contributed by atoms with van der Waals surface area (Å²) in [4.78, 5) is 36.8. The van der Waals surface area contributed by atoms with Crippen LogP contribution in [0.15, 0.2) is 29.2 Å². The first-order chi connectivity index (χ1) is 12.4. The second-order valence-corrected chi connectivity index (χ2v) is 7.12. The van der Waals surface area contributed by atoms with Crippen molar-refractivity contribution in [2.45, 2.75) is 19.8 Å². The minimum absolute atomic E-state index is 0.168. The van der Waals surface area contributed by atoms with Crippen LogP contribution < -0.4 is 15.6 Å². The number of thiocarbonyl (C=S) groups is 1. The van der Waals surface area contributed by atoms with Gasteiger partial charge in [0.05, 0.1) is 12.0 Å². The van der Waals surface area contributed by atoms with E-state index in [2.05, 4.69) is 10.9 Å². The Bertz CT molecular complexity index is 747. The third-order valence-corrected chi connectivity index (χ3v) is 4.83. The van der Waals surface area contributed by atoms with Crippen molar-refractivity contribution >= 4 is 52.1 Å². The fraction of sp³-hybridized carbons (Fsp3) is 0.294. The van der Waals surface area contributed by atoms with Crippen LogP contribution in [0.1, 0.15) is 25.3 Å². The Kier molecular flexibility index (Phi) is 7.16. The fourth-order valence-electron chi connectivity index (χ4n) is 2.16. The molecule has 0 unspecified atom stereocenters. The van der Waals surface area contributed by atoms with Crippen molar-refractivity contribution in [3.63, 3.8) is 0 Å². The summed E-state index contributed by atoms with van der Waals surface area (Å²) >= 11 is 6.50. The number of nitrogens with zero attached hydrogens (tertiary/aromatic N) is 1. The van der Waals surface area contributed by atoms with Crippen molar-refractivity contribution in [2.24, 2.45) is 0 Å². The van der Waals surface area contributed by atoms with E-state index in [4.69, 9.17) is 17.0 Å². The Morgan fingerprint density at radius 2 is 1.96 bits per heavy atom. The molecule has 26 heavy (non-hydrogen) atoms. The van der Waals surface area contributed by atoms with E-state index in [1.807, 2.05) is 24.3 Å². The summed E-state index contributed by atoms with van der Waals surface area (Å²) in [6.45, 7) is 1.65. The molecular formula is C17H19N3O4S2. The number of nitrogens with one attached hydrogen (secondary N) is 2. The fourth-order valence-corrected chi connectivity index (χ4v) is 3.47. The van der Waals surface area contributed by atoms with E-state index in [0.717, 1.165) is 11.3 Å². The molecule has 1 saturated heterocycles. The van der Waals surface area contributed by atoms with Crippen LogP contribution in [0.3, 0.4) is 0 Å². The standard InChI is InChI=1S/C17H19N3O4S2/c1-11(21)18-19-15(22)4-3-9-20-16(23)14(26-17(20)25)10-12-5-7-13(24-2)8-6-12/h5-8,10H,3-4,9H2,1-2H3,(H,18,21)(H,19,22)/b14-10-. The minimum Gasteiger partial charge on any atom is -0.497 e. The molecule has 1 aliphatic heterocycles. The maximum absolute atomic E-state index is 12.5. The zero-order chi connectivity index (χ0) is 19.1. The second-order valence-electron chi connectivity index (χ2n) is 5.44. The molecule has 1 heterocycles. The van der Waals surface area contributed by atoms with Crippen LogP contribution in [0.2, 0.25) is 0 Å². The number of hydrazine groups is 1. The first-order valence-corrected chi connectivity index (χ1v) is 9.08. The Hall–Kier alpha value is -2.39. The molecule has 0 saturated carbocycles. The van der Waals surface area contributed by atoms with Gasteiger partial charge >= 0.3 is 0 Å². The van der Waals surface area contributed by atoms with Crippen molar-refractivity contribution in [3.8, 4) is 5.75 Å². The molecule has 3 amide bonds. The van der Waals surface area contributed by atoms with Crippen LogP contribution in [0.5, 0.6) is 5.75 Å². The normalized spacial score (nSPS) is 15.3. The number of benzene rings is 1.